The molecule has 134 valence electrons. The zero-order valence-corrected chi connectivity index (χ0v) is 14.9. The third-order valence-electron chi connectivity index (χ3n) is 3.62. The fourth-order valence-electron chi connectivity index (χ4n) is 2.28. The molecule has 7 nitrogen and oxygen atoms in total. The molecular weight excluding hydrogens is 358 g/mol. The van der Waals surface area contributed by atoms with E-state index >= 15 is 0 Å². The fraction of sp³-hybridized carbons (Fsp3) is 0.167. The Morgan fingerprint density at radius 3 is 2.62 bits per heavy atom. The van der Waals surface area contributed by atoms with Gasteiger partial charge in [-0.25, -0.2) is 0 Å². The van der Waals surface area contributed by atoms with Gasteiger partial charge in [0, 0.05) is 16.7 Å². The zero-order valence-electron chi connectivity index (χ0n) is 14.2. The highest BCUT2D eigenvalue weighted by Gasteiger charge is 2.15. The first-order valence-electron chi connectivity index (χ1n) is 7.69. The van der Waals surface area contributed by atoms with Gasteiger partial charge in [0.1, 0.15) is 11.5 Å². The van der Waals surface area contributed by atoms with Crippen molar-refractivity contribution >= 4 is 17.5 Å². The second-order valence-electron chi connectivity index (χ2n) is 5.27. The van der Waals surface area contributed by atoms with E-state index in [0.29, 0.717) is 33.5 Å². The Hall–Kier alpha value is -3.06. The molecule has 0 aliphatic carbocycles. The fourth-order valence-corrected chi connectivity index (χ4v) is 2.40. The van der Waals surface area contributed by atoms with Gasteiger partial charge in [-0.1, -0.05) is 16.8 Å². The van der Waals surface area contributed by atoms with Crippen molar-refractivity contribution in [3.63, 3.8) is 0 Å². The van der Waals surface area contributed by atoms with Crippen LogP contribution in [0.4, 0.5) is 0 Å². The quantitative estimate of drug-likeness (QED) is 0.713. The second-order valence-corrected chi connectivity index (χ2v) is 5.70. The lowest BCUT2D eigenvalue weighted by molar-refractivity contribution is 0.0946. The summed E-state index contributed by atoms with van der Waals surface area (Å²) in [5.74, 6) is 1.59. The number of nitrogens with one attached hydrogen (secondary N) is 1. The van der Waals surface area contributed by atoms with Gasteiger partial charge in [-0.05, 0) is 36.4 Å². The van der Waals surface area contributed by atoms with Crippen molar-refractivity contribution in [2.75, 3.05) is 14.2 Å². The first kappa shape index (κ1) is 17.8. The molecule has 2 aromatic carbocycles. The number of halogens is 1. The lowest BCUT2D eigenvalue weighted by atomic mass is 10.2. The number of amides is 1. The third kappa shape index (κ3) is 3.94. The molecule has 1 N–H and O–H groups in total. The Morgan fingerprint density at radius 1 is 1.15 bits per heavy atom. The van der Waals surface area contributed by atoms with E-state index in [1.807, 2.05) is 0 Å². The lowest BCUT2D eigenvalue weighted by Crippen LogP contribution is -2.22. The highest BCUT2D eigenvalue weighted by Crippen LogP contribution is 2.31. The highest BCUT2D eigenvalue weighted by atomic mass is 35.5. The van der Waals surface area contributed by atoms with Crippen molar-refractivity contribution in [1.29, 1.82) is 0 Å². The number of nitrogens with zero attached hydrogens (tertiary/aromatic N) is 2. The van der Waals surface area contributed by atoms with Crippen LogP contribution in [0.2, 0.25) is 5.02 Å². The van der Waals surface area contributed by atoms with E-state index in [2.05, 4.69) is 15.5 Å². The van der Waals surface area contributed by atoms with Crippen molar-refractivity contribution in [1.82, 2.24) is 15.5 Å². The number of hydrogen-bond acceptors (Lipinski definition) is 6. The standard InChI is InChI=1S/C18H16ClN3O4/c1-24-13-7-8-14(15(9-13)25-2)17-21-16(26-22-17)10-20-18(23)11-3-5-12(19)6-4-11/h3-9H,10H2,1-2H3,(H,20,23). The minimum Gasteiger partial charge on any atom is -0.497 e. The van der Waals surface area contributed by atoms with Gasteiger partial charge in [-0.15, -0.1) is 0 Å². The number of ether oxygens (including phenoxy) is 2. The summed E-state index contributed by atoms with van der Waals surface area (Å²) in [5, 5.41) is 7.22. The van der Waals surface area contributed by atoms with E-state index in [1.54, 1.807) is 56.7 Å². The maximum atomic E-state index is 12.1. The van der Waals surface area contributed by atoms with Crippen molar-refractivity contribution in [3.05, 3.63) is 58.9 Å². The summed E-state index contributed by atoms with van der Waals surface area (Å²) in [4.78, 5) is 16.4. The maximum absolute atomic E-state index is 12.1. The first-order valence-corrected chi connectivity index (χ1v) is 8.07. The molecule has 1 aromatic heterocycles. The smallest absolute Gasteiger partial charge is 0.251 e. The van der Waals surface area contributed by atoms with Crippen molar-refractivity contribution in [2.24, 2.45) is 0 Å². The van der Waals surface area contributed by atoms with Crippen LogP contribution in [0, 0.1) is 0 Å². The van der Waals surface area contributed by atoms with E-state index in [0.717, 1.165) is 0 Å². The van der Waals surface area contributed by atoms with E-state index in [-0.39, 0.29) is 18.3 Å². The van der Waals surface area contributed by atoms with Gasteiger partial charge in [0.2, 0.25) is 11.7 Å². The van der Waals surface area contributed by atoms with Gasteiger partial charge in [0.05, 0.1) is 26.3 Å². The van der Waals surface area contributed by atoms with Crippen molar-refractivity contribution in [2.45, 2.75) is 6.54 Å². The van der Waals surface area contributed by atoms with Gasteiger partial charge < -0.3 is 19.3 Å². The summed E-state index contributed by atoms with van der Waals surface area (Å²) in [6.07, 6.45) is 0. The SMILES string of the molecule is COc1ccc(-c2noc(CNC(=O)c3ccc(Cl)cc3)n2)c(OC)c1. The summed E-state index contributed by atoms with van der Waals surface area (Å²) in [6, 6.07) is 11.9. The van der Waals surface area contributed by atoms with Crippen LogP contribution >= 0.6 is 11.6 Å². The van der Waals surface area contributed by atoms with E-state index in [1.165, 1.54) is 0 Å². The average molecular weight is 374 g/mol. The van der Waals surface area contributed by atoms with Crippen LogP contribution in [0.25, 0.3) is 11.4 Å². The molecule has 3 aromatic rings. The normalized spacial score (nSPS) is 10.4. The molecular formula is C18H16ClN3O4. The van der Waals surface area contributed by atoms with Crippen LogP contribution < -0.4 is 14.8 Å². The lowest BCUT2D eigenvalue weighted by Gasteiger charge is -2.07. The Labute approximate surface area is 154 Å². The Kier molecular flexibility index (Phi) is 5.38. The molecule has 0 aliphatic heterocycles. The molecule has 0 saturated heterocycles. The number of rotatable bonds is 6. The molecule has 0 spiro atoms. The molecule has 1 heterocycles. The summed E-state index contributed by atoms with van der Waals surface area (Å²) in [7, 11) is 3.12. The highest BCUT2D eigenvalue weighted by molar-refractivity contribution is 6.30. The molecule has 0 atom stereocenters. The van der Waals surface area contributed by atoms with E-state index in [9.17, 15) is 4.79 Å². The van der Waals surface area contributed by atoms with Gasteiger partial charge in [-0.2, -0.15) is 4.98 Å². The van der Waals surface area contributed by atoms with Crippen LogP contribution in [-0.4, -0.2) is 30.3 Å². The number of carbonyl (C=O) groups excluding carboxylic acids is 1. The van der Waals surface area contributed by atoms with Crippen LogP contribution in [0.3, 0.4) is 0 Å². The molecule has 3 rings (SSSR count). The molecule has 0 saturated carbocycles. The maximum Gasteiger partial charge on any atom is 0.251 e. The third-order valence-corrected chi connectivity index (χ3v) is 3.88. The molecule has 0 radical (unpaired) electrons. The van der Waals surface area contributed by atoms with Gasteiger partial charge in [0.25, 0.3) is 5.91 Å². The first-order chi connectivity index (χ1) is 12.6. The number of carbonyl (C=O) groups is 1. The van der Waals surface area contributed by atoms with Crippen LogP contribution in [-0.2, 0) is 6.54 Å². The summed E-state index contributed by atoms with van der Waals surface area (Å²) < 4.78 is 15.7. The Balaban J connectivity index is 1.70. The molecule has 1 amide bonds. The van der Waals surface area contributed by atoms with Gasteiger partial charge >= 0.3 is 0 Å². The number of aromatic nitrogens is 2. The molecule has 0 aliphatic rings. The van der Waals surface area contributed by atoms with E-state index in [4.69, 9.17) is 25.6 Å². The predicted octanol–water partition coefficient (Wildman–Crippen LogP) is 3.34. The van der Waals surface area contributed by atoms with E-state index < -0.39 is 0 Å². The Morgan fingerprint density at radius 2 is 1.92 bits per heavy atom. The minimum atomic E-state index is -0.261. The number of hydrogen-bond donors (Lipinski definition) is 1. The summed E-state index contributed by atoms with van der Waals surface area (Å²) in [6.45, 7) is 0.104. The molecule has 8 heteroatoms. The largest absolute Gasteiger partial charge is 0.497 e. The Bertz CT molecular complexity index is 909. The van der Waals surface area contributed by atoms with Gasteiger partial charge in [-0.3, -0.25) is 4.79 Å². The zero-order chi connectivity index (χ0) is 18.5. The summed E-state index contributed by atoms with van der Waals surface area (Å²) in [5.41, 5.74) is 1.15. The second kappa shape index (κ2) is 7.88. The molecule has 0 fully saturated rings. The van der Waals surface area contributed by atoms with Crippen molar-refractivity contribution < 1.29 is 18.8 Å². The molecule has 0 bridgehead atoms. The number of methoxy groups -OCH3 is 2. The van der Waals surface area contributed by atoms with Crippen LogP contribution in [0.5, 0.6) is 11.5 Å². The topological polar surface area (TPSA) is 86.5 Å². The minimum absolute atomic E-state index is 0.104. The van der Waals surface area contributed by atoms with Crippen molar-refractivity contribution in [3.8, 4) is 22.9 Å². The monoisotopic (exact) mass is 373 g/mol. The number of benzene rings is 2. The predicted molar refractivity (Wildman–Crippen MR) is 95.5 cm³/mol. The van der Waals surface area contributed by atoms with Gasteiger partial charge in [0.15, 0.2) is 0 Å². The average Bonchev–Trinajstić information content (AvgIpc) is 3.15. The molecule has 0 unspecified atom stereocenters. The van der Waals surface area contributed by atoms with Crippen LogP contribution in [0.1, 0.15) is 16.2 Å². The van der Waals surface area contributed by atoms with Crippen LogP contribution in [0.15, 0.2) is 47.0 Å². The molecule has 26 heavy (non-hydrogen) atoms. The summed E-state index contributed by atoms with van der Waals surface area (Å²) >= 11 is 5.81.